The molecule has 3 rings (SSSR count). The first-order chi connectivity index (χ1) is 16.2. The number of ether oxygens (including phenoxy) is 2. The first kappa shape index (κ1) is 27.4. The van der Waals surface area contributed by atoms with E-state index in [0.717, 1.165) is 17.5 Å². The van der Waals surface area contributed by atoms with Gasteiger partial charge in [0.15, 0.2) is 17.5 Å². The van der Waals surface area contributed by atoms with Crippen LogP contribution in [-0.4, -0.2) is 42.9 Å². The molecule has 0 spiro atoms. The molecule has 0 aliphatic rings. The van der Waals surface area contributed by atoms with Crippen molar-refractivity contribution in [2.75, 3.05) is 26.8 Å². The molecule has 0 aliphatic heterocycles. The van der Waals surface area contributed by atoms with Crippen molar-refractivity contribution < 1.29 is 14.6 Å². The SMILES string of the molecule is CCCOc1ccccc1Oc1ncccc1CNC(=NC)NCC(CO)c1ccccc1.I. The summed E-state index contributed by atoms with van der Waals surface area (Å²) in [5, 5.41) is 16.4. The number of hydrogen-bond donors (Lipinski definition) is 3. The van der Waals surface area contributed by atoms with Crippen LogP contribution in [0.25, 0.3) is 0 Å². The molecule has 0 bridgehead atoms. The summed E-state index contributed by atoms with van der Waals surface area (Å²) in [4.78, 5) is 8.71. The number of hydrogen-bond acceptors (Lipinski definition) is 5. The number of guanidine groups is 1. The van der Waals surface area contributed by atoms with Gasteiger partial charge < -0.3 is 25.2 Å². The van der Waals surface area contributed by atoms with Crippen molar-refractivity contribution in [2.45, 2.75) is 25.8 Å². The van der Waals surface area contributed by atoms with Gasteiger partial charge in [0.2, 0.25) is 5.88 Å². The van der Waals surface area contributed by atoms with Crippen molar-refractivity contribution in [3.63, 3.8) is 0 Å². The van der Waals surface area contributed by atoms with E-state index >= 15 is 0 Å². The molecule has 34 heavy (non-hydrogen) atoms. The predicted octanol–water partition coefficient (Wildman–Crippen LogP) is 4.72. The Morgan fingerprint density at radius 2 is 1.74 bits per heavy atom. The number of aliphatic hydroxyl groups is 1. The third-order valence-corrected chi connectivity index (χ3v) is 5.04. The zero-order valence-electron chi connectivity index (χ0n) is 19.6. The van der Waals surface area contributed by atoms with Gasteiger partial charge in [0.25, 0.3) is 0 Å². The van der Waals surface area contributed by atoms with Crippen molar-refractivity contribution in [3.05, 3.63) is 84.1 Å². The van der Waals surface area contributed by atoms with Gasteiger partial charge in [-0.3, -0.25) is 4.99 Å². The van der Waals surface area contributed by atoms with Crippen LogP contribution in [0.1, 0.15) is 30.4 Å². The van der Waals surface area contributed by atoms with Gasteiger partial charge in [-0.25, -0.2) is 4.98 Å². The van der Waals surface area contributed by atoms with Crippen LogP contribution in [0.4, 0.5) is 0 Å². The van der Waals surface area contributed by atoms with Crippen molar-refractivity contribution in [1.29, 1.82) is 0 Å². The number of nitrogens with zero attached hydrogens (tertiary/aromatic N) is 2. The first-order valence-corrected chi connectivity index (χ1v) is 11.2. The third kappa shape index (κ3) is 8.18. The Morgan fingerprint density at radius 3 is 2.44 bits per heavy atom. The fourth-order valence-electron chi connectivity index (χ4n) is 3.25. The van der Waals surface area contributed by atoms with Crippen LogP contribution < -0.4 is 20.1 Å². The molecule has 182 valence electrons. The van der Waals surface area contributed by atoms with E-state index in [1.807, 2.05) is 66.7 Å². The number of aromatic nitrogens is 1. The molecule has 0 radical (unpaired) electrons. The Balaban J connectivity index is 0.00000408. The Hall–Kier alpha value is -2.85. The highest BCUT2D eigenvalue weighted by Gasteiger charge is 2.13. The molecule has 0 saturated carbocycles. The largest absolute Gasteiger partial charge is 0.490 e. The smallest absolute Gasteiger partial charge is 0.224 e. The molecule has 0 amide bonds. The van der Waals surface area contributed by atoms with E-state index in [9.17, 15) is 5.11 Å². The summed E-state index contributed by atoms with van der Waals surface area (Å²) in [7, 11) is 1.72. The van der Waals surface area contributed by atoms with Gasteiger partial charge in [-0.05, 0) is 30.2 Å². The molecule has 0 aliphatic carbocycles. The van der Waals surface area contributed by atoms with Gasteiger partial charge in [0.05, 0.1) is 13.2 Å². The van der Waals surface area contributed by atoms with Gasteiger partial charge in [-0.1, -0.05) is 55.5 Å². The second-order valence-corrected chi connectivity index (χ2v) is 7.46. The first-order valence-electron chi connectivity index (χ1n) is 11.2. The summed E-state index contributed by atoms with van der Waals surface area (Å²) in [6.07, 6.45) is 2.62. The van der Waals surface area contributed by atoms with Crippen molar-refractivity contribution in [3.8, 4) is 17.4 Å². The lowest BCUT2D eigenvalue weighted by Crippen LogP contribution is -2.39. The minimum atomic E-state index is -0.0262. The van der Waals surface area contributed by atoms with Crippen LogP contribution in [0, 0.1) is 0 Å². The summed E-state index contributed by atoms with van der Waals surface area (Å²) in [6, 6.07) is 21.4. The molecule has 1 heterocycles. The van der Waals surface area contributed by atoms with Crippen molar-refractivity contribution >= 4 is 29.9 Å². The number of aliphatic hydroxyl groups excluding tert-OH is 1. The van der Waals surface area contributed by atoms with E-state index in [1.54, 1.807) is 13.2 Å². The highest BCUT2D eigenvalue weighted by Crippen LogP contribution is 2.31. The van der Waals surface area contributed by atoms with E-state index < -0.39 is 0 Å². The summed E-state index contributed by atoms with van der Waals surface area (Å²) in [5.41, 5.74) is 1.96. The molecule has 0 fully saturated rings. The Bertz CT molecular complexity index is 1020. The van der Waals surface area contributed by atoms with Crippen LogP contribution in [0.2, 0.25) is 0 Å². The molecular formula is C26H33IN4O3. The van der Waals surface area contributed by atoms with Gasteiger partial charge in [-0.2, -0.15) is 0 Å². The minimum absolute atomic E-state index is 0. The third-order valence-electron chi connectivity index (χ3n) is 5.04. The second kappa shape index (κ2) is 15.1. The van der Waals surface area contributed by atoms with Crippen LogP contribution in [0.5, 0.6) is 17.4 Å². The quantitative estimate of drug-likeness (QED) is 0.174. The lowest BCUT2D eigenvalue weighted by molar-refractivity contribution is 0.265. The molecule has 2 aromatic carbocycles. The molecule has 1 aromatic heterocycles. The van der Waals surface area contributed by atoms with E-state index in [4.69, 9.17) is 9.47 Å². The number of para-hydroxylation sites is 2. The topological polar surface area (TPSA) is 88.0 Å². The van der Waals surface area contributed by atoms with Crippen molar-refractivity contribution in [1.82, 2.24) is 15.6 Å². The molecule has 0 saturated heterocycles. The van der Waals surface area contributed by atoms with Crippen LogP contribution in [0.15, 0.2) is 77.9 Å². The van der Waals surface area contributed by atoms with Gasteiger partial charge >= 0.3 is 0 Å². The number of pyridine rings is 1. The molecule has 3 N–H and O–H groups in total. The van der Waals surface area contributed by atoms with E-state index in [2.05, 4.69) is 27.5 Å². The van der Waals surface area contributed by atoms with E-state index in [-0.39, 0.29) is 36.5 Å². The zero-order chi connectivity index (χ0) is 23.3. The number of benzene rings is 2. The normalized spacial score (nSPS) is 11.8. The van der Waals surface area contributed by atoms with Gasteiger partial charge in [0, 0.05) is 37.8 Å². The van der Waals surface area contributed by atoms with Gasteiger partial charge in [-0.15, -0.1) is 24.0 Å². The Kier molecular flexibility index (Phi) is 12.2. The number of rotatable bonds is 11. The van der Waals surface area contributed by atoms with E-state index in [0.29, 0.717) is 43.0 Å². The Labute approximate surface area is 218 Å². The maximum absolute atomic E-state index is 9.79. The maximum Gasteiger partial charge on any atom is 0.224 e. The number of nitrogens with one attached hydrogen (secondary N) is 2. The van der Waals surface area contributed by atoms with Gasteiger partial charge in [0.1, 0.15) is 0 Å². The van der Waals surface area contributed by atoms with Crippen LogP contribution >= 0.6 is 24.0 Å². The summed E-state index contributed by atoms with van der Waals surface area (Å²) in [6.45, 7) is 3.76. The fraction of sp³-hybridized carbons (Fsp3) is 0.308. The average Bonchev–Trinajstić information content (AvgIpc) is 2.87. The highest BCUT2D eigenvalue weighted by atomic mass is 127. The van der Waals surface area contributed by atoms with E-state index in [1.165, 1.54) is 0 Å². The molecule has 1 unspecified atom stereocenters. The molecule has 3 aromatic rings. The number of aliphatic imine (C=N–C) groups is 1. The van der Waals surface area contributed by atoms with Crippen LogP contribution in [-0.2, 0) is 6.54 Å². The molecule has 1 atom stereocenters. The maximum atomic E-state index is 9.79. The highest BCUT2D eigenvalue weighted by molar-refractivity contribution is 14.0. The predicted molar refractivity (Wildman–Crippen MR) is 146 cm³/mol. The average molecular weight is 576 g/mol. The standard InChI is InChI=1S/C26H32N4O3.HI/c1-3-16-32-23-13-7-8-14-24(23)33-25-21(12-9-15-28-25)17-29-26(27-2)30-18-22(19-31)20-10-5-4-6-11-20;/h4-15,22,31H,3,16-19H2,1-2H3,(H2,27,29,30);1H. The second-order valence-electron chi connectivity index (χ2n) is 7.46. The Morgan fingerprint density at radius 1 is 1.00 bits per heavy atom. The zero-order valence-corrected chi connectivity index (χ0v) is 21.9. The van der Waals surface area contributed by atoms with Crippen LogP contribution in [0.3, 0.4) is 0 Å². The summed E-state index contributed by atoms with van der Waals surface area (Å²) < 4.78 is 11.9. The molecule has 8 heteroatoms. The fourth-order valence-corrected chi connectivity index (χ4v) is 3.25. The monoisotopic (exact) mass is 576 g/mol. The number of halogens is 1. The lowest BCUT2D eigenvalue weighted by atomic mass is 10.0. The molecular weight excluding hydrogens is 543 g/mol. The summed E-state index contributed by atoms with van der Waals surface area (Å²) >= 11 is 0. The lowest BCUT2D eigenvalue weighted by Gasteiger charge is -2.18. The summed E-state index contributed by atoms with van der Waals surface area (Å²) in [5.74, 6) is 2.43. The van der Waals surface area contributed by atoms with Crippen molar-refractivity contribution in [2.24, 2.45) is 4.99 Å². The molecule has 7 nitrogen and oxygen atoms in total. The minimum Gasteiger partial charge on any atom is -0.490 e.